The van der Waals surface area contributed by atoms with Crippen LogP contribution in [0.2, 0.25) is 0 Å². The standard InChI is InChI=1S/C33H34N6O3/c1-22(23-9-5-4-6-10-23)42-33(2,3)29-21-28(36-37-29)24-13-15-25(16-14-24)31(41)38-17-19-39(20-18-38)32-34-27-12-8-7-11-26(27)30(40)35-32/h4-16,21-22H,17-20H2,1-3H3,(H,36,37)(H,34,35,40). The van der Waals surface area contributed by atoms with Crippen molar-refractivity contribution in [3.05, 3.63) is 112 Å². The first kappa shape index (κ1) is 27.4. The number of carbonyl (C=O) groups is 1. The van der Waals surface area contributed by atoms with Crippen molar-refractivity contribution < 1.29 is 9.53 Å². The number of fused-ring (bicyclic) bond motifs is 1. The van der Waals surface area contributed by atoms with Gasteiger partial charge in [-0.05, 0) is 56.7 Å². The molecule has 3 heterocycles. The van der Waals surface area contributed by atoms with Crippen LogP contribution in [0.15, 0.2) is 89.7 Å². The number of aromatic amines is 2. The summed E-state index contributed by atoms with van der Waals surface area (Å²) in [5, 5.41) is 8.23. The lowest BCUT2D eigenvalue weighted by molar-refractivity contribution is -0.0728. The molecule has 3 aromatic carbocycles. The molecule has 0 spiro atoms. The van der Waals surface area contributed by atoms with Crippen LogP contribution in [0.3, 0.4) is 0 Å². The van der Waals surface area contributed by atoms with Gasteiger partial charge in [-0.3, -0.25) is 19.7 Å². The largest absolute Gasteiger partial charge is 0.362 e. The number of nitrogens with zero attached hydrogens (tertiary/aromatic N) is 4. The van der Waals surface area contributed by atoms with Crippen molar-refractivity contribution in [1.29, 1.82) is 0 Å². The number of hydrogen-bond acceptors (Lipinski definition) is 6. The molecule has 9 heteroatoms. The van der Waals surface area contributed by atoms with Gasteiger partial charge in [0.1, 0.15) is 5.60 Å². The van der Waals surface area contributed by atoms with Gasteiger partial charge in [0, 0.05) is 37.3 Å². The van der Waals surface area contributed by atoms with Crippen LogP contribution in [0, 0.1) is 0 Å². The summed E-state index contributed by atoms with van der Waals surface area (Å²) in [6.45, 7) is 8.35. The van der Waals surface area contributed by atoms with E-state index in [-0.39, 0.29) is 17.6 Å². The maximum atomic E-state index is 13.3. The number of ether oxygens (including phenoxy) is 1. The molecule has 2 N–H and O–H groups in total. The minimum atomic E-state index is -0.575. The number of benzene rings is 3. The van der Waals surface area contributed by atoms with Crippen LogP contribution in [0.25, 0.3) is 22.2 Å². The quantitative estimate of drug-likeness (QED) is 0.279. The fraction of sp³-hybridized carbons (Fsp3) is 0.273. The monoisotopic (exact) mass is 562 g/mol. The smallest absolute Gasteiger partial charge is 0.260 e. The molecule has 1 saturated heterocycles. The number of amides is 1. The molecular formula is C33H34N6O3. The Balaban J connectivity index is 1.08. The lowest BCUT2D eigenvalue weighted by Gasteiger charge is -2.35. The van der Waals surface area contributed by atoms with Crippen LogP contribution >= 0.6 is 0 Å². The van der Waals surface area contributed by atoms with Crippen molar-refractivity contribution in [3.8, 4) is 11.3 Å². The van der Waals surface area contributed by atoms with Crippen LogP contribution in [0.5, 0.6) is 0 Å². The highest BCUT2D eigenvalue weighted by molar-refractivity contribution is 5.94. The van der Waals surface area contributed by atoms with E-state index in [4.69, 9.17) is 4.74 Å². The van der Waals surface area contributed by atoms with Crippen molar-refractivity contribution in [2.75, 3.05) is 31.1 Å². The Morgan fingerprint density at radius 1 is 0.929 bits per heavy atom. The summed E-state index contributed by atoms with van der Waals surface area (Å²) in [6.07, 6.45) is -0.0776. The molecule has 5 aromatic rings. The summed E-state index contributed by atoms with van der Waals surface area (Å²) >= 11 is 0. The van der Waals surface area contributed by atoms with Gasteiger partial charge in [0.25, 0.3) is 11.5 Å². The van der Waals surface area contributed by atoms with Crippen LogP contribution in [0.1, 0.15) is 48.5 Å². The number of aromatic nitrogens is 4. The van der Waals surface area contributed by atoms with Gasteiger partial charge < -0.3 is 14.5 Å². The first-order valence-corrected chi connectivity index (χ1v) is 14.2. The third-order valence-corrected chi connectivity index (χ3v) is 7.86. The topological polar surface area (TPSA) is 107 Å². The summed E-state index contributed by atoms with van der Waals surface area (Å²) in [5.74, 6) is 0.518. The number of H-pyrrole nitrogens is 2. The number of para-hydroxylation sites is 1. The lowest BCUT2D eigenvalue weighted by atomic mass is 10.0. The van der Waals surface area contributed by atoms with Crippen LogP contribution in [-0.4, -0.2) is 57.2 Å². The number of hydrogen-bond donors (Lipinski definition) is 2. The highest BCUT2D eigenvalue weighted by Crippen LogP contribution is 2.32. The van der Waals surface area contributed by atoms with E-state index in [1.54, 1.807) is 6.07 Å². The Morgan fingerprint density at radius 3 is 2.36 bits per heavy atom. The highest BCUT2D eigenvalue weighted by Gasteiger charge is 2.28. The number of rotatable bonds is 7. The second-order valence-electron chi connectivity index (χ2n) is 11.1. The van der Waals surface area contributed by atoms with Crippen LogP contribution < -0.4 is 10.5 Å². The summed E-state index contributed by atoms with van der Waals surface area (Å²) in [4.78, 5) is 37.1. The molecule has 214 valence electrons. The van der Waals surface area contributed by atoms with Crippen molar-refractivity contribution in [2.45, 2.75) is 32.5 Å². The number of nitrogens with one attached hydrogen (secondary N) is 2. The average molecular weight is 563 g/mol. The second-order valence-corrected chi connectivity index (χ2v) is 11.1. The van der Waals surface area contributed by atoms with E-state index in [1.165, 1.54) is 0 Å². The van der Waals surface area contributed by atoms with E-state index in [0.29, 0.717) is 48.6 Å². The van der Waals surface area contributed by atoms with Crippen molar-refractivity contribution >= 4 is 22.8 Å². The molecule has 1 fully saturated rings. The first-order valence-electron chi connectivity index (χ1n) is 14.2. The van der Waals surface area contributed by atoms with E-state index in [9.17, 15) is 9.59 Å². The van der Waals surface area contributed by atoms with Crippen LogP contribution in [-0.2, 0) is 10.3 Å². The van der Waals surface area contributed by atoms with Gasteiger partial charge in [-0.2, -0.15) is 5.10 Å². The van der Waals surface area contributed by atoms with Gasteiger partial charge in [0.15, 0.2) is 0 Å². The summed E-state index contributed by atoms with van der Waals surface area (Å²) < 4.78 is 6.39. The fourth-order valence-corrected chi connectivity index (χ4v) is 5.39. The molecule has 1 amide bonds. The van der Waals surface area contributed by atoms with E-state index in [1.807, 2.05) is 97.3 Å². The molecule has 0 radical (unpaired) electrons. The van der Waals surface area contributed by atoms with E-state index in [0.717, 1.165) is 22.5 Å². The average Bonchev–Trinajstić information content (AvgIpc) is 3.53. The molecule has 2 aromatic heterocycles. The summed E-state index contributed by atoms with van der Waals surface area (Å²) in [6, 6.07) is 27.0. The van der Waals surface area contributed by atoms with Gasteiger partial charge in [-0.1, -0.05) is 54.6 Å². The van der Waals surface area contributed by atoms with Gasteiger partial charge in [-0.15, -0.1) is 0 Å². The molecule has 1 atom stereocenters. The van der Waals surface area contributed by atoms with E-state index in [2.05, 4.69) is 32.3 Å². The number of anilines is 1. The molecule has 9 nitrogen and oxygen atoms in total. The molecule has 1 aliphatic heterocycles. The van der Waals surface area contributed by atoms with Crippen molar-refractivity contribution in [3.63, 3.8) is 0 Å². The number of piperazine rings is 1. The minimum absolute atomic E-state index is 0.0201. The maximum Gasteiger partial charge on any atom is 0.260 e. The Labute approximate surface area is 244 Å². The molecule has 0 saturated carbocycles. The lowest BCUT2D eigenvalue weighted by Crippen LogP contribution is -2.49. The molecule has 42 heavy (non-hydrogen) atoms. The van der Waals surface area contributed by atoms with Crippen LogP contribution in [0.4, 0.5) is 5.95 Å². The molecular weight excluding hydrogens is 528 g/mol. The molecule has 6 rings (SSSR count). The Hall–Kier alpha value is -4.76. The fourth-order valence-electron chi connectivity index (χ4n) is 5.39. The van der Waals surface area contributed by atoms with Crippen molar-refractivity contribution in [1.82, 2.24) is 25.1 Å². The van der Waals surface area contributed by atoms with Gasteiger partial charge in [-0.25, -0.2) is 4.98 Å². The third-order valence-electron chi connectivity index (χ3n) is 7.86. The number of carbonyl (C=O) groups excluding carboxylic acids is 1. The predicted molar refractivity (Wildman–Crippen MR) is 163 cm³/mol. The van der Waals surface area contributed by atoms with E-state index < -0.39 is 5.60 Å². The van der Waals surface area contributed by atoms with Crippen molar-refractivity contribution in [2.24, 2.45) is 0 Å². The normalized spacial score (nSPS) is 14.7. The highest BCUT2D eigenvalue weighted by atomic mass is 16.5. The first-order chi connectivity index (χ1) is 20.3. The zero-order valence-corrected chi connectivity index (χ0v) is 24.0. The van der Waals surface area contributed by atoms with Gasteiger partial charge in [0.05, 0.1) is 28.4 Å². The SMILES string of the molecule is CC(OC(C)(C)c1cc(-c2ccc(C(=O)N3CCN(c4nc5ccccc5c(=O)[nH]4)CC3)cc2)n[nH]1)c1ccccc1. The second kappa shape index (κ2) is 11.3. The predicted octanol–water partition coefficient (Wildman–Crippen LogP) is 5.29. The minimum Gasteiger partial charge on any atom is -0.362 e. The maximum absolute atomic E-state index is 13.3. The Morgan fingerprint density at radius 2 is 1.62 bits per heavy atom. The summed E-state index contributed by atoms with van der Waals surface area (Å²) in [5.41, 5.74) is 4.25. The van der Waals surface area contributed by atoms with Gasteiger partial charge >= 0.3 is 0 Å². The summed E-state index contributed by atoms with van der Waals surface area (Å²) in [7, 11) is 0. The molecule has 0 bridgehead atoms. The zero-order valence-electron chi connectivity index (χ0n) is 24.0. The van der Waals surface area contributed by atoms with Gasteiger partial charge in [0.2, 0.25) is 5.95 Å². The Bertz CT molecular complexity index is 1750. The molecule has 0 aliphatic carbocycles. The Kier molecular flexibility index (Phi) is 7.34. The molecule has 1 unspecified atom stereocenters. The third kappa shape index (κ3) is 5.56. The van der Waals surface area contributed by atoms with E-state index >= 15 is 0 Å². The molecule has 1 aliphatic rings. The zero-order chi connectivity index (χ0) is 29.3.